The molecule has 8 heteroatoms. The molecule has 1 aromatic heterocycles. The molecular weight excluding hydrogens is 315 g/mol. The van der Waals surface area contributed by atoms with Gasteiger partial charge in [-0.05, 0) is 37.8 Å². The predicted octanol–water partition coefficient (Wildman–Crippen LogP) is 3.00. The molecule has 0 aliphatic heterocycles. The summed E-state index contributed by atoms with van der Waals surface area (Å²) in [5.41, 5.74) is -1.70. The lowest BCUT2D eigenvalue weighted by atomic mass is 9.98. The zero-order valence-electron chi connectivity index (χ0n) is 11.8. The molecule has 118 valence electrons. The number of hydrogen-bond acceptors (Lipinski definition) is 4. The summed E-state index contributed by atoms with van der Waals surface area (Å²) in [6.45, 7) is 1.68. The minimum atomic E-state index is -4.42. The van der Waals surface area contributed by atoms with Gasteiger partial charge in [0, 0.05) is 6.20 Å². The van der Waals surface area contributed by atoms with Crippen LogP contribution >= 0.6 is 11.8 Å². The number of pyridine rings is 1. The molecule has 2 rings (SSSR count). The Morgan fingerprint density at radius 3 is 2.64 bits per heavy atom. The van der Waals surface area contributed by atoms with E-state index in [-0.39, 0.29) is 17.6 Å². The van der Waals surface area contributed by atoms with Gasteiger partial charge in [-0.1, -0.05) is 11.8 Å². The smallest absolute Gasteiger partial charge is 0.337 e. The fourth-order valence-electron chi connectivity index (χ4n) is 1.98. The van der Waals surface area contributed by atoms with E-state index in [1.807, 2.05) is 0 Å². The lowest BCUT2D eigenvalue weighted by molar-refractivity contribution is -0.137. The maximum absolute atomic E-state index is 12.4. The van der Waals surface area contributed by atoms with Crippen LogP contribution < -0.4 is 5.32 Å². The van der Waals surface area contributed by atoms with Crippen molar-refractivity contribution in [2.24, 2.45) is 5.92 Å². The molecule has 0 bridgehead atoms. The van der Waals surface area contributed by atoms with Crippen LogP contribution in [-0.2, 0) is 11.0 Å². The Morgan fingerprint density at radius 2 is 2.18 bits per heavy atom. The standard InChI is InChI=1S/C14H14F3N3OS/c1-13(8-18,9-2-3-9)20-11(21)7-22-12-5-4-10(6-19-12)14(15,16)17/h4-6,9H,2-3,7H2,1H3,(H,20,21). The molecule has 0 saturated heterocycles. The summed E-state index contributed by atoms with van der Waals surface area (Å²) < 4.78 is 37.2. The zero-order chi connectivity index (χ0) is 16.4. The van der Waals surface area contributed by atoms with E-state index in [0.29, 0.717) is 5.03 Å². The number of halogens is 3. The van der Waals surface area contributed by atoms with Crippen molar-refractivity contribution >= 4 is 17.7 Å². The second-order valence-electron chi connectivity index (χ2n) is 5.31. The van der Waals surface area contributed by atoms with Gasteiger partial charge in [-0.2, -0.15) is 18.4 Å². The summed E-state index contributed by atoms with van der Waals surface area (Å²) in [7, 11) is 0. The first-order valence-corrected chi connectivity index (χ1v) is 7.61. The number of thioether (sulfide) groups is 1. The van der Waals surface area contributed by atoms with E-state index in [0.717, 1.165) is 36.9 Å². The van der Waals surface area contributed by atoms with Crippen LogP contribution in [0.4, 0.5) is 13.2 Å². The van der Waals surface area contributed by atoms with Crippen molar-refractivity contribution in [2.45, 2.75) is 36.5 Å². The maximum Gasteiger partial charge on any atom is 0.417 e. The van der Waals surface area contributed by atoms with Crippen molar-refractivity contribution in [2.75, 3.05) is 5.75 Å². The third-order valence-electron chi connectivity index (χ3n) is 3.44. The molecule has 4 nitrogen and oxygen atoms in total. The predicted molar refractivity (Wildman–Crippen MR) is 74.8 cm³/mol. The fourth-order valence-corrected chi connectivity index (χ4v) is 2.62. The van der Waals surface area contributed by atoms with Crippen molar-refractivity contribution in [3.8, 4) is 6.07 Å². The van der Waals surface area contributed by atoms with Crippen LogP contribution in [0.25, 0.3) is 0 Å². The SMILES string of the molecule is CC(C#N)(NC(=O)CSc1ccc(C(F)(F)F)cn1)C1CC1. The summed E-state index contributed by atoms with van der Waals surface area (Å²) in [6.07, 6.45) is -1.85. The van der Waals surface area contributed by atoms with Crippen LogP contribution in [0.1, 0.15) is 25.3 Å². The Hall–Kier alpha value is -1.75. The van der Waals surface area contributed by atoms with Crippen LogP contribution in [0.2, 0.25) is 0 Å². The minimum absolute atomic E-state index is 0.00234. The molecule has 1 heterocycles. The summed E-state index contributed by atoms with van der Waals surface area (Å²) in [6, 6.07) is 4.27. The number of carbonyl (C=O) groups excluding carboxylic acids is 1. The number of nitrogens with zero attached hydrogens (tertiary/aromatic N) is 2. The van der Waals surface area contributed by atoms with Crippen molar-refractivity contribution < 1.29 is 18.0 Å². The van der Waals surface area contributed by atoms with Crippen molar-refractivity contribution in [1.82, 2.24) is 10.3 Å². The van der Waals surface area contributed by atoms with Gasteiger partial charge in [0.15, 0.2) is 0 Å². The molecule has 0 aromatic carbocycles. The van der Waals surface area contributed by atoms with E-state index in [2.05, 4.69) is 16.4 Å². The molecule has 1 aliphatic carbocycles. The van der Waals surface area contributed by atoms with Crippen molar-refractivity contribution in [1.29, 1.82) is 5.26 Å². The van der Waals surface area contributed by atoms with Gasteiger partial charge in [0.05, 0.1) is 22.4 Å². The van der Waals surface area contributed by atoms with E-state index in [1.165, 1.54) is 6.07 Å². The van der Waals surface area contributed by atoms with Crippen molar-refractivity contribution in [3.05, 3.63) is 23.9 Å². The fraction of sp³-hybridized carbons (Fsp3) is 0.500. The van der Waals surface area contributed by atoms with Gasteiger partial charge in [-0.15, -0.1) is 0 Å². The van der Waals surface area contributed by atoms with Crippen molar-refractivity contribution in [3.63, 3.8) is 0 Å². The molecule has 1 amide bonds. The summed E-state index contributed by atoms with van der Waals surface area (Å²) in [5.74, 6) is -0.152. The Balaban J connectivity index is 1.87. The molecule has 0 radical (unpaired) electrons. The molecule has 1 atom stereocenters. The highest BCUT2D eigenvalue weighted by Gasteiger charge is 2.42. The number of rotatable bonds is 5. The normalized spacial score (nSPS) is 17.4. The quantitative estimate of drug-likeness (QED) is 0.844. The first-order valence-electron chi connectivity index (χ1n) is 6.63. The van der Waals surface area contributed by atoms with Gasteiger partial charge < -0.3 is 5.32 Å². The third-order valence-corrected chi connectivity index (χ3v) is 4.38. The molecule has 1 saturated carbocycles. The molecule has 1 aromatic rings. The van der Waals surface area contributed by atoms with Crippen LogP contribution in [-0.4, -0.2) is 22.2 Å². The van der Waals surface area contributed by atoms with Crippen LogP contribution in [0.5, 0.6) is 0 Å². The van der Waals surface area contributed by atoms with E-state index in [1.54, 1.807) is 6.92 Å². The van der Waals surface area contributed by atoms with Gasteiger partial charge in [0.25, 0.3) is 0 Å². The number of alkyl halides is 3. The summed E-state index contributed by atoms with van der Waals surface area (Å²) >= 11 is 1.03. The first-order chi connectivity index (χ1) is 10.2. The molecule has 1 unspecified atom stereocenters. The maximum atomic E-state index is 12.4. The van der Waals surface area contributed by atoms with Gasteiger partial charge in [-0.3, -0.25) is 4.79 Å². The lowest BCUT2D eigenvalue weighted by Gasteiger charge is -2.22. The van der Waals surface area contributed by atoms with Gasteiger partial charge in [0.2, 0.25) is 5.91 Å². The number of aromatic nitrogens is 1. The topological polar surface area (TPSA) is 65.8 Å². The van der Waals surface area contributed by atoms with Gasteiger partial charge in [0.1, 0.15) is 5.54 Å². The van der Waals surface area contributed by atoms with Crippen LogP contribution in [0.3, 0.4) is 0 Å². The average molecular weight is 329 g/mol. The Labute approximate surface area is 130 Å². The largest absolute Gasteiger partial charge is 0.417 e. The highest BCUT2D eigenvalue weighted by atomic mass is 32.2. The highest BCUT2D eigenvalue weighted by Crippen LogP contribution is 2.39. The highest BCUT2D eigenvalue weighted by molar-refractivity contribution is 7.99. The number of amides is 1. The Morgan fingerprint density at radius 1 is 1.50 bits per heavy atom. The number of nitrogens with one attached hydrogen (secondary N) is 1. The lowest BCUT2D eigenvalue weighted by Crippen LogP contribution is -2.47. The molecule has 1 N–H and O–H groups in total. The first kappa shape index (κ1) is 16.6. The van der Waals surface area contributed by atoms with Crippen LogP contribution in [0, 0.1) is 17.2 Å². The summed E-state index contributed by atoms with van der Waals surface area (Å²) in [4.78, 5) is 15.5. The second-order valence-corrected chi connectivity index (χ2v) is 6.30. The molecule has 22 heavy (non-hydrogen) atoms. The number of hydrogen-bond donors (Lipinski definition) is 1. The molecule has 0 spiro atoms. The van der Waals surface area contributed by atoms with E-state index >= 15 is 0 Å². The molecular formula is C14H14F3N3OS. The van der Waals surface area contributed by atoms with E-state index in [4.69, 9.17) is 5.26 Å². The van der Waals surface area contributed by atoms with Crippen LogP contribution in [0.15, 0.2) is 23.4 Å². The monoisotopic (exact) mass is 329 g/mol. The Kier molecular flexibility index (Phi) is 4.66. The van der Waals surface area contributed by atoms with Gasteiger partial charge in [-0.25, -0.2) is 4.98 Å². The van der Waals surface area contributed by atoms with E-state index < -0.39 is 17.3 Å². The average Bonchev–Trinajstić information content (AvgIpc) is 3.29. The third kappa shape index (κ3) is 4.13. The Bertz CT molecular complexity index is 593. The minimum Gasteiger partial charge on any atom is -0.337 e. The zero-order valence-corrected chi connectivity index (χ0v) is 12.6. The molecule has 1 aliphatic rings. The molecule has 1 fully saturated rings. The second kappa shape index (κ2) is 6.16. The summed E-state index contributed by atoms with van der Waals surface area (Å²) in [5, 5.41) is 12.2. The van der Waals surface area contributed by atoms with E-state index in [9.17, 15) is 18.0 Å². The number of nitriles is 1. The number of carbonyl (C=O) groups is 1. The van der Waals surface area contributed by atoms with Gasteiger partial charge >= 0.3 is 6.18 Å².